The van der Waals surface area contributed by atoms with Gasteiger partial charge in [0.25, 0.3) is 0 Å². The SMILES string of the molecule is CCNC1CC(C)(C)Cc2nc(C3COCCO3)sc21. The summed E-state index contributed by atoms with van der Waals surface area (Å²) in [4.78, 5) is 6.29. The van der Waals surface area contributed by atoms with Gasteiger partial charge in [0.05, 0.1) is 25.5 Å². The highest BCUT2D eigenvalue weighted by atomic mass is 32.1. The number of thiazole rings is 1. The first kappa shape index (κ1) is 14.4. The lowest BCUT2D eigenvalue weighted by Gasteiger charge is -2.34. The van der Waals surface area contributed by atoms with Crippen molar-refractivity contribution in [3.63, 3.8) is 0 Å². The van der Waals surface area contributed by atoms with Crippen molar-refractivity contribution in [1.82, 2.24) is 10.3 Å². The van der Waals surface area contributed by atoms with Crippen LogP contribution in [0, 0.1) is 5.41 Å². The number of nitrogens with one attached hydrogen (secondary N) is 1. The summed E-state index contributed by atoms with van der Waals surface area (Å²) in [5.74, 6) is 0. The Labute approximate surface area is 124 Å². The molecule has 4 nitrogen and oxygen atoms in total. The van der Waals surface area contributed by atoms with Gasteiger partial charge >= 0.3 is 0 Å². The van der Waals surface area contributed by atoms with Crippen molar-refractivity contribution in [3.05, 3.63) is 15.6 Å². The Morgan fingerprint density at radius 1 is 1.40 bits per heavy atom. The molecule has 2 heterocycles. The summed E-state index contributed by atoms with van der Waals surface area (Å²) in [6, 6.07) is 0.439. The molecule has 3 rings (SSSR count). The standard InChI is InChI=1S/C15H24N2O2S/c1-4-16-10-7-15(2,3)8-11-13(10)20-14(17-11)12-9-18-5-6-19-12/h10,12,16H,4-9H2,1-3H3. The molecule has 5 heteroatoms. The highest BCUT2D eigenvalue weighted by Gasteiger charge is 2.35. The van der Waals surface area contributed by atoms with E-state index in [0.29, 0.717) is 31.3 Å². The summed E-state index contributed by atoms with van der Waals surface area (Å²) in [5, 5.41) is 4.70. The van der Waals surface area contributed by atoms with Crippen molar-refractivity contribution >= 4 is 11.3 Å². The number of hydrogen-bond acceptors (Lipinski definition) is 5. The summed E-state index contributed by atoms with van der Waals surface area (Å²) < 4.78 is 11.3. The van der Waals surface area contributed by atoms with Crippen LogP contribution in [0.5, 0.6) is 0 Å². The Balaban J connectivity index is 1.87. The van der Waals surface area contributed by atoms with E-state index in [2.05, 4.69) is 26.1 Å². The number of nitrogens with zero attached hydrogens (tertiary/aromatic N) is 1. The predicted molar refractivity (Wildman–Crippen MR) is 80.1 cm³/mol. The summed E-state index contributed by atoms with van der Waals surface area (Å²) in [6.45, 7) is 9.85. The lowest BCUT2D eigenvalue weighted by Crippen LogP contribution is -2.32. The Morgan fingerprint density at radius 2 is 2.25 bits per heavy atom. The Morgan fingerprint density at radius 3 is 2.95 bits per heavy atom. The second kappa shape index (κ2) is 5.72. The van der Waals surface area contributed by atoms with E-state index in [1.165, 1.54) is 17.0 Å². The first-order valence-corrected chi connectivity index (χ1v) is 8.33. The molecule has 20 heavy (non-hydrogen) atoms. The van der Waals surface area contributed by atoms with Gasteiger partial charge in [-0.15, -0.1) is 11.3 Å². The molecule has 2 atom stereocenters. The maximum absolute atomic E-state index is 5.79. The average molecular weight is 296 g/mol. The highest BCUT2D eigenvalue weighted by Crippen LogP contribution is 2.44. The smallest absolute Gasteiger partial charge is 0.132 e. The largest absolute Gasteiger partial charge is 0.376 e. The van der Waals surface area contributed by atoms with Crippen LogP contribution in [0.2, 0.25) is 0 Å². The second-order valence-corrected chi connectivity index (χ2v) is 7.52. The van der Waals surface area contributed by atoms with Gasteiger partial charge in [-0.1, -0.05) is 20.8 Å². The van der Waals surface area contributed by atoms with E-state index >= 15 is 0 Å². The minimum absolute atomic E-state index is 0.0322. The van der Waals surface area contributed by atoms with E-state index in [0.717, 1.165) is 18.0 Å². The van der Waals surface area contributed by atoms with E-state index in [1.54, 1.807) is 0 Å². The van der Waals surface area contributed by atoms with Gasteiger partial charge in [0.2, 0.25) is 0 Å². The Bertz CT molecular complexity index is 466. The number of ether oxygens (including phenoxy) is 2. The third kappa shape index (κ3) is 2.91. The lowest BCUT2D eigenvalue weighted by molar-refractivity contribution is -0.0902. The zero-order valence-electron chi connectivity index (χ0n) is 12.6. The van der Waals surface area contributed by atoms with Gasteiger partial charge in [-0.05, 0) is 24.8 Å². The maximum Gasteiger partial charge on any atom is 0.132 e. The zero-order chi connectivity index (χ0) is 14.2. The lowest BCUT2D eigenvalue weighted by atomic mass is 9.76. The molecular formula is C15H24N2O2S. The first-order valence-electron chi connectivity index (χ1n) is 7.51. The molecule has 2 aliphatic rings. The molecule has 1 aliphatic carbocycles. The van der Waals surface area contributed by atoms with Crippen molar-refractivity contribution in [2.75, 3.05) is 26.4 Å². The number of fused-ring (bicyclic) bond motifs is 1. The van der Waals surface area contributed by atoms with Gasteiger partial charge in [-0.3, -0.25) is 0 Å². The van der Waals surface area contributed by atoms with Gasteiger partial charge in [-0.25, -0.2) is 4.98 Å². The van der Waals surface area contributed by atoms with Crippen molar-refractivity contribution in [2.45, 2.75) is 45.8 Å². The van der Waals surface area contributed by atoms with Crippen LogP contribution < -0.4 is 5.32 Å². The topological polar surface area (TPSA) is 43.4 Å². The molecule has 0 saturated carbocycles. The van der Waals surface area contributed by atoms with Gasteiger partial charge in [0.15, 0.2) is 0 Å². The highest BCUT2D eigenvalue weighted by molar-refractivity contribution is 7.11. The minimum Gasteiger partial charge on any atom is -0.376 e. The van der Waals surface area contributed by atoms with E-state index in [1.807, 2.05) is 11.3 Å². The van der Waals surface area contributed by atoms with Crippen molar-refractivity contribution in [1.29, 1.82) is 0 Å². The third-order valence-corrected chi connectivity index (χ3v) is 5.31. The van der Waals surface area contributed by atoms with Gasteiger partial charge in [0, 0.05) is 10.9 Å². The zero-order valence-corrected chi connectivity index (χ0v) is 13.4. The molecular weight excluding hydrogens is 272 g/mol. The first-order chi connectivity index (χ1) is 9.59. The number of hydrogen-bond donors (Lipinski definition) is 1. The van der Waals surface area contributed by atoms with Crippen molar-refractivity contribution < 1.29 is 9.47 Å². The molecule has 0 radical (unpaired) electrons. The van der Waals surface area contributed by atoms with Crippen LogP contribution in [-0.2, 0) is 15.9 Å². The second-order valence-electron chi connectivity index (χ2n) is 6.45. The molecule has 1 aromatic heterocycles. The Kier molecular flexibility index (Phi) is 4.13. The fourth-order valence-electron chi connectivity index (χ4n) is 3.13. The van der Waals surface area contributed by atoms with Gasteiger partial charge in [0.1, 0.15) is 11.1 Å². The summed E-state index contributed by atoms with van der Waals surface area (Å²) in [6.07, 6.45) is 2.27. The molecule has 0 bridgehead atoms. The quantitative estimate of drug-likeness (QED) is 0.931. The summed E-state index contributed by atoms with van der Waals surface area (Å²) in [7, 11) is 0. The maximum atomic E-state index is 5.79. The molecule has 1 fully saturated rings. The normalized spacial score (nSPS) is 29.1. The average Bonchev–Trinajstić information content (AvgIpc) is 2.82. The van der Waals surface area contributed by atoms with Crippen LogP contribution in [-0.4, -0.2) is 31.3 Å². The van der Waals surface area contributed by atoms with Crippen LogP contribution >= 0.6 is 11.3 Å². The fourth-order valence-corrected chi connectivity index (χ4v) is 4.32. The van der Waals surface area contributed by atoms with Crippen LogP contribution in [0.4, 0.5) is 0 Å². The third-order valence-electron chi connectivity index (χ3n) is 4.01. The van der Waals surface area contributed by atoms with Crippen LogP contribution in [0.15, 0.2) is 0 Å². The molecule has 1 aliphatic heterocycles. The summed E-state index contributed by atoms with van der Waals surface area (Å²) in [5.41, 5.74) is 1.58. The van der Waals surface area contributed by atoms with Crippen LogP contribution in [0.25, 0.3) is 0 Å². The molecule has 0 aromatic carbocycles. The molecule has 1 aromatic rings. The van der Waals surface area contributed by atoms with E-state index in [9.17, 15) is 0 Å². The minimum atomic E-state index is 0.0322. The van der Waals surface area contributed by atoms with Gasteiger partial charge < -0.3 is 14.8 Å². The Hall–Kier alpha value is -0.490. The fraction of sp³-hybridized carbons (Fsp3) is 0.800. The molecule has 1 saturated heterocycles. The number of aromatic nitrogens is 1. The summed E-state index contributed by atoms with van der Waals surface area (Å²) >= 11 is 1.81. The molecule has 0 amide bonds. The van der Waals surface area contributed by atoms with Crippen LogP contribution in [0.1, 0.15) is 54.9 Å². The van der Waals surface area contributed by atoms with E-state index in [4.69, 9.17) is 14.5 Å². The number of rotatable bonds is 3. The molecule has 0 spiro atoms. The molecule has 2 unspecified atom stereocenters. The van der Waals surface area contributed by atoms with Gasteiger partial charge in [-0.2, -0.15) is 0 Å². The van der Waals surface area contributed by atoms with Crippen molar-refractivity contribution in [3.8, 4) is 0 Å². The molecule has 1 N–H and O–H groups in total. The molecule has 112 valence electrons. The van der Waals surface area contributed by atoms with E-state index in [-0.39, 0.29) is 6.10 Å². The predicted octanol–water partition coefficient (Wildman–Crippen LogP) is 2.85. The van der Waals surface area contributed by atoms with Crippen molar-refractivity contribution in [2.24, 2.45) is 5.41 Å². The van der Waals surface area contributed by atoms with Crippen LogP contribution in [0.3, 0.4) is 0 Å². The van der Waals surface area contributed by atoms with E-state index < -0.39 is 0 Å². The monoisotopic (exact) mass is 296 g/mol.